The van der Waals surface area contributed by atoms with Crippen LogP contribution in [-0.4, -0.2) is 20.3 Å². The van der Waals surface area contributed by atoms with Gasteiger partial charge in [-0.25, -0.2) is 4.79 Å². The van der Waals surface area contributed by atoms with Crippen LogP contribution in [0.4, 0.5) is 0 Å². The molecule has 0 aliphatic carbocycles. The molecule has 0 radical (unpaired) electrons. The Labute approximate surface area is 155 Å². The third kappa shape index (κ3) is 3.87. The first-order chi connectivity index (χ1) is 12.9. The molecule has 138 valence electrons. The van der Waals surface area contributed by atoms with Crippen molar-refractivity contribution < 1.29 is 4.79 Å². The first kappa shape index (κ1) is 18.3. The van der Waals surface area contributed by atoms with Crippen LogP contribution in [0.3, 0.4) is 0 Å². The van der Waals surface area contributed by atoms with Crippen molar-refractivity contribution in [1.82, 2.24) is 19.7 Å². The fourth-order valence-corrected chi connectivity index (χ4v) is 2.54. The zero-order chi connectivity index (χ0) is 19.6. The molecular weight excluding hydrogens is 344 g/mol. The summed E-state index contributed by atoms with van der Waals surface area (Å²) in [5.41, 5.74) is 1.85. The van der Waals surface area contributed by atoms with E-state index in [0.29, 0.717) is 5.69 Å². The molecule has 0 unspecified atom stereocenters. The van der Waals surface area contributed by atoms with Crippen LogP contribution in [0.15, 0.2) is 58.1 Å². The quantitative estimate of drug-likeness (QED) is 0.760. The van der Waals surface area contributed by atoms with Crippen LogP contribution >= 0.6 is 0 Å². The summed E-state index contributed by atoms with van der Waals surface area (Å²) in [6.07, 6.45) is 0. The molecule has 1 N–H and O–H groups in total. The average Bonchev–Trinajstić information content (AvgIpc) is 2.66. The van der Waals surface area contributed by atoms with Crippen molar-refractivity contribution >= 4 is 5.91 Å². The second-order valence-corrected chi connectivity index (χ2v) is 6.41. The maximum atomic E-state index is 12.5. The maximum absolute atomic E-state index is 12.5. The first-order valence-corrected chi connectivity index (χ1v) is 8.48. The summed E-state index contributed by atoms with van der Waals surface area (Å²) in [7, 11) is 1.33. The van der Waals surface area contributed by atoms with Crippen LogP contribution in [0.1, 0.15) is 27.2 Å². The number of aryl methyl sites for hydroxylation is 2. The highest BCUT2D eigenvalue weighted by Crippen LogP contribution is 2.06. The summed E-state index contributed by atoms with van der Waals surface area (Å²) in [5, 5.41) is 6.70. The number of amides is 1. The number of benzene rings is 2. The Morgan fingerprint density at radius 2 is 1.52 bits per heavy atom. The summed E-state index contributed by atoms with van der Waals surface area (Å²) in [4.78, 5) is 37.2. The van der Waals surface area contributed by atoms with Gasteiger partial charge in [-0.05, 0) is 31.5 Å². The Morgan fingerprint density at radius 3 is 2.11 bits per heavy atom. The molecule has 1 heterocycles. The zero-order valence-corrected chi connectivity index (χ0v) is 15.4. The van der Waals surface area contributed by atoms with Gasteiger partial charge in [-0.3, -0.25) is 14.2 Å². The summed E-state index contributed by atoms with van der Waals surface area (Å²) < 4.78 is 1.94. The molecule has 0 saturated carbocycles. The van der Waals surface area contributed by atoms with Crippen molar-refractivity contribution in [3.8, 4) is 5.69 Å². The van der Waals surface area contributed by atoms with E-state index in [2.05, 4.69) is 10.4 Å². The van der Waals surface area contributed by atoms with Crippen molar-refractivity contribution in [1.29, 1.82) is 0 Å². The van der Waals surface area contributed by atoms with Gasteiger partial charge in [0.2, 0.25) is 5.69 Å². The van der Waals surface area contributed by atoms with E-state index in [1.54, 1.807) is 12.1 Å². The van der Waals surface area contributed by atoms with Gasteiger partial charge in [0, 0.05) is 13.6 Å². The standard InChI is InChI=1S/C20H20N4O3/c1-13-4-8-15(9-5-13)12-21-18(25)17-19(26)23(3)20(27)24(22-17)16-10-6-14(2)7-11-16/h4-11H,12H2,1-3H3,(H,21,25). The third-order valence-corrected chi connectivity index (χ3v) is 4.24. The smallest absolute Gasteiger partial charge is 0.346 e. The molecule has 0 aliphatic heterocycles. The molecule has 7 nitrogen and oxygen atoms in total. The van der Waals surface area contributed by atoms with E-state index < -0.39 is 17.2 Å². The van der Waals surface area contributed by atoms with E-state index in [4.69, 9.17) is 0 Å². The summed E-state index contributed by atoms with van der Waals surface area (Å²) in [5.74, 6) is -0.628. The largest absolute Gasteiger partial charge is 0.351 e. The SMILES string of the molecule is Cc1ccc(CNC(=O)c2nn(-c3ccc(C)cc3)c(=O)n(C)c2=O)cc1. The Hall–Kier alpha value is -3.48. The Kier molecular flexibility index (Phi) is 5.03. The minimum Gasteiger partial charge on any atom is -0.346 e. The number of hydrogen-bond acceptors (Lipinski definition) is 4. The van der Waals surface area contributed by atoms with Gasteiger partial charge in [0.1, 0.15) is 0 Å². The molecule has 3 rings (SSSR count). The molecule has 1 aromatic heterocycles. The lowest BCUT2D eigenvalue weighted by Crippen LogP contribution is -2.44. The molecule has 0 saturated heterocycles. The van der Waals surface area contributed by atoms with Gasteiger partial charge in [0.05, 0.1) is 5.69 Å². The van der Waals surface area contributed by atoms with Gasteiger partial charge in [0.15, 0.2) is 0 Å². The highest BCUT2D eigenvalue weighted by atomic mass is 16.2. The minimum absolute atomic E-state index is 0.258. The summed E-state index contributed by atoms with van der Waals surface area (Å²) >= 11 is 0. The lowest BCUT2D eigenvalue weighted by Gasteiger charge is -2.10. The van der Waals surface area contributed by atoms with Crippen molar-refractivity contribution in [3.05, 3.63) is 91.8 Å². The minimum atomic E-state index is -0.732. The van der Waals surface area contributed by atoms with Crippen molar-refractivity contribution in [2.75, 3.05) is 0 Å². The van der Waals surface area contributed by atoms with Gasteiger partial charge >= 0.3 is 5.69 Å². The van der Waals surface area contributed by atoms with Crippen LogP contribution < -0.4 is 16.6 Å². The van der Waals surface area contributed by atoms with E-state index in [1.807, 2.05) is 50.2 Å². The molecule has 3 aromatic rings. The van der Waals surface area contributed by atoms with Crippen molar-refractivity contribution in [2.45, 2.75) is 20.4 Å². The van der Waals surface area contributed by atoms with Crippen LogP contribution in [0.25, 0.3) is 5.69 Å². The lowest BCUT2D eigenvalue weighted by atomic mass is 10.1. The normalized spacial score (nSPS) is 10.6. The predicted molar refractivity (Wildman–Crippen MR) is 102 cm³/mol. The molecule has 0 spiro atoms. The average molecular weight is 364 g/mol. The number of nitrogens with one attached hydrogen (secondary N) is 1. The number of hydrogen-bond donors (Lipinski definition) is 1. The highest BCUT2D eigenvalue weighted by Gasteiger charge is 2.18. The lowest BCUT2D eigenvalue weighted by molar-refractivity contribution is 0.0941. The third-order valence-electron chi connectivity index (χ3n) is 4.24. The molecule has 7 heteroatoms. The fraction of sp³-hybridized carbons (Fsp3) is 0.200. The van der Waals surface area contributed by atoms with Crippen molar-refractivity contribution in [2.24, 2.45) is 7.05 Å². The monoisotopic (exact) mass is 364 g/mol. The Balaban J connectivity index is 1.93. The Morgan fingerprint density at radius 1 is 0.963 bits per heavy atom. The number of carbonyl (C=O) groups is 1. The molecule has 2 aromatic carbocycles. The fourth-order valence-electron chi connectivity index (χ4n) is 2.54. The van der Waals surface area contributed by atoms with E-state index in [0.717, 1.165) is 25.9 Å². The van der Waals surface area contributed by atoms with Gasteiger partial charge < -0.3 is 5.32 Å². The van der Waals surface area contributed by atoms with E-state index in [9.17, 15) is 14.4 Å². The van der Waals surface area contributed by atoms with Crippen LogP contribution in [0, 0.1) is 13.8 Å². The van der Waals surface area contributed by atoms with E-state index in [1.165, 1.54) is 7.05 Å². The van der Waals surface area contributed by atoms with Gasteiger partial charge in [0.25, 0.3) is 11.5 Å². The summed E-state index contributed by atoms with van der Waals surface area (Å²) in [6, 6.07) is 14.7. The predicted octanol–water partition coefficient (Wildman–Crippen LogP) is 1.48. The Bertz CT molecular complexity index is 1090. The molecule has 0 aliphatic rings. The van der Waals surface area contributed by atoms with E-state index >= 15 is 0 Å². The second kappa shape index (κ2) is 7.41. The van der Waals surface area contributed by atoms with Crippen LogP contribution in [0.2, 0.25) is 0 Å². The maximum Gasteiger partial charge on any atom is 0.351 e. The van der Waals surface area contributed by atoms with Gasteiger partial charge in [-0.1, -0.05) is 47.5 Å². The highest BCUT2D eigenvalue weighted by molar-refractivity contribution is 5.91. The number of carbonyl (C=O) groups excluding carboxylic acids is 1. The molecule has 0 atom stereocenters. The first-order valence-electron chi connectivity index (χ1n) is 8.48. The van der Waals surface area contributed by atoms with Gasteiger partial charge in [-0.15, -0.1) is 0 Å². The van der Waals surface area contributed by atoms with Crippen LogP contribution in [-0.2, 0) is 13.6 Å². The second-order valence-electron chi connectivity index (χ2n) is 6.41. The zero-order valence-electron chi connectivity index (χ0n) is 15.4. The van der Waals surface area contributed by atoms with Crippen molar-refractivity contribution in [3.63, 3.8) is 0 Å². The molecule has 27 heavy (non-hydrogen) atoms. The molecule has 1 amide bonds. The topological polar surface area (TPSA) is 86.0 Å². The molecule has 0 bridgehead atoms. The van der Waals surface area contributed by atoms with Gasteiger partial charge in [-0.2, -0.15) is 9.78 Å². The molecular formula is C20H20N4O3. The number of nitrogens with zero attached hydrogens (tertiary/aromatic N) is 3. The van der Waals surface area contributed by atoms with Crippen LogP contribution in [0.5, 0.6) is 0 Å². The molecule has 0 fully saturated rings. The van der Waals surface area contributed by atoms with E-state index in [-0.39, 0.29) is 12.2 Å². The number of aromatic nitrogens is 3. The number of rotatable bonds is 4. The summed E-state index contributed by atoms with van der Waals surface area (Å²) in [6.45, 7) is 4.16.